The second-order valence-electron chi connectivity index (χ2n) is 6.61. The van der Waals surface area contributed by atoms with Crippen LogP contribution in [0.25, 0.3) is 0 Å². The lowest BCUT2D eigenvalue weighted by molar-refractivity contribution is -0.141. The minimum Gasteiger partial charge on any atom is -0.336 e. The molecular formula is C20H30N2O2. The Kier molecular flexibility index (Phi) is 7.29. The number of hydrogen-bond donors (Lipinski definition) is 0. The van der Waals surface area contributed by atoms with Crippen molar-refractivity contribution >= 4 is 11.8 Å². The molecule has 0 bridgehead atoms. The van der Waals surface area contributed by atoms with Crippen molar-refractivity contribution < 1.29 is 9.59 Å². The molecule has 0 atom stereocenters. The maximum atomic E-state index is 12.7. The molecule has 0 spiro atoms. The molecule has 4 nitrogen and oxygen atoms in total. The van der Waals surface area contributed by atoms with Crippen LogP contribution in [-0.4, -0.2) is 41.2 Å². The van der Waals surface area contributed by atoms with E-state index < -0.39 is 0 Å². The lowest BCUT2D eigenvalue weighted by Crippen LogP contribution is -2.44. The van der Waals surface area contributed by atoms with Crippen LogP contribution in [-0.2, 0) is 22.6 Å². The number of carbonyl (C=O) groups is 2. The highest BCUT2D eigenvalue weighted by atomic mass is 16.2. The molecule has 0 aliphatic carbocycles. The molecule has 0 radical (unpaired) electrons. The van der Waals surface area contributed by atoms with E-state index in [1.807, 2.05) is 17.9 Å². The van der Waals surface area contributed by atoms with E-state index in [0.717, 1.165) is 38.6 Å². The summed E-state index contributed by atoms with van der Waals surface area (Å²) in [5, 5.41) is 0. The highest BCUT2D eigenvalue weighted by Gasteiger charge is 2.23. The highest BCUT2D eigenvalue weighted by Crippen LogP contribution is 2.18. The van der Waals surface area contributed by atoms with Crippen molar-refractivity contribution in [1.29, 1.82) is 0 Å². The summed E-state index contributed by atoms with van der Waals surface area (Å²) >= 11 is 0. The van der Waals surface area contributed by atoms with Gasteiger partial charge in [0, 0.05) is 26.1 Å². The monoisotopic (exact) mass is 330 g/mol. The molecule has 1 heterocycles. The van der Waals surface area contributed by atoms with Crippen LogP contribution >= 0.6 is 0 Å². The fourth-order valence-electron chi connectivity index (χ4n) is 3.19. The van der Waals surface area contributed by atoms with E-state index in [9.17, 15) is 9.59 Å². The molecule has 0 saturated carbocycles. The lowest BCUT2D eigenvalue weighted by Gasteiger charge is -2.31. The summed E-state index contributed by atoms with van der Waals surface area (Å²) in [6.45, 7) is 6.49. The van der Waals surface area contributed by atoms with Gasteiger partial charge in [-0.15, -0.1) is 0 Å². The van der Waals surface area contributed by atoms with Gasteiger partial charge in [0.1, 0.15) is 0 Å². The van der Waals surface area contributed by atoms with Gasteiger partial charge in [0.2, 0.25) is 11.8 Å². The zero-order valence-corrected chi connectivity index (χ0v) is 15.1. The van der Waals surface area contributed by atoms with Gasteiger partial charge in [-0.3, -0.25) is 9.59 Å². The second-order valence-corrected chi connectivity index (χ2v) is 6.61. The zero-order valence-electron chi connectivity index (χ0n) is 15.1. The Morgan fingerprint density at radius 2 is 1.83 bits per heavy atom. The number of hydrogen-bond acceptors (Lipinski definition) is 2. The molecule has 24 heavy (non-hydrogen) atoms. The van der Waals surface area contributed by atoms with Crippen LogP contribution < -0.4 is 0 Å². The van der Waals surface area contributed by atoms with Gasteiger partial charge >= 0.3 is 0 Å². The van der Waals surface area contributed by atoms with Crippen molar-refractivity contribution in [2.75, 3.05) is 19.6 Å². The third-order valence-corrected chi connectivity index (χ3v) is 4.66. The van der Waals surface area contributed by atoms with Crippen molar-refractivity contribution in [3.05, 3.63) is 35.4 Å². The van der Waals surface area contributed by atoms with Gasteiger partial charge < -0.3 is 9.80 Å². The van der Waals surface area contributed by atoms with Crippen LogP contribution in [0.5, 0.6) is 0 Å². The third-order valence-electron chi connectivity index (χ3n) is 4.66. The summed E-state index contributed by atoms with van der Waals surface area (Å²) in [5.41, 5.74) is 2.57. The van der Waals surface area contributed by atoms with Crippen LogP contribution in [0.1, 0.15) is 57.1 Å². The molecule has 1 aromatic rings. The topological polar surface area (TPSA) is 40.6 Å². The summed E-state index contributed by atoms with van der Waals surface area (Å²) in [5.74, 6) is 0.185. The Morgan fingerprint density at radius 3 is 2.54 bits per heavy atom. The molecule has 2 amide bonds. The van der Waals surface area contributed by atoms with Gasteiger partial charge in [-0.1, -0.05) is 51.0 Å². The smallest absolute Gasteiger partial charge is 0.242 e. The van der Waals surface area contributed by atoms with E-state index in [0.29, 0.717) is 19.5 Å². The number of benzene rings is 1. The first-order valence-corrected chi connectivity index (χ1v) is 9.28. The first kappa shape index (κ1) is 18.5. The number of nitrogens with zero attached hydrogens (tertiary/aromatic N) is 2. The summed E-state index contributed by atoms with van der Waals surface area (Å²) in [6, 6.07) is 8.30. The molecule has 1 aliphatic rings. The average molecular weight is 330 g/mol. The summed E-state index contributed by atoms with van der Waals surface area (Å²) < 4.78 is 0. The van der Waals surface area contributed by atoms with Crippen LogP contribution in [0.4, 0.5) is 0 Å². The van der Waals surface area contributed by atoms with Crippen molar-refractivity contribution in [3.63, 3.8) is 0 Å². The Labute approximate surface area is 145 Å². The third kappa shape index (κ3) is 5.08. The quantitative estimate of drug-likeness (QED) is 0.686. The molecule has 0 aromatic heterocycles. The van der Waals surface area contributed by atoms with Gasteiger partial charge in [-0.05, 0) is 30.4 Å². The van der Waals surface area contributed by atoms with Crippen LogP contribution in [0.2, 0.25) is 0 Å². The van der Waals surface area contributed by atoms with E-state index >= 15 is 0 Å². The van der Waals surface area contributed by atoms with E-state index in [1.165, 1.54) is 11.1 Å². The van der Waals surface area contributed by atoms with Gasteiger partial charge in [0.15, 0.2) is 0 Å². The van der Waals surface area contributed by atoms with Gasteiger partial charge in [0.05, 0.1) is 6.54 Å². The number of carbonyl (C=O) groups excluding carboxylic acids is 2. The summed E-state index contributed by atoms with van der Waals surface area (Å²) in [7, 11) is 0. The molecular weight excluding hydrogens is 300 g/mol. The predicted octanol–water partition coefficient (Wildman–Crippen LogP) is 3.39. The first-order chi connectivity index (χ1) is 11.7. The standard InChI is InChI=1S/C20H30N2O2/c1-3-5-8-13-21(19(23)9-4-2)16-20(24)22-14-12-17-10-6-7-11-18(17)15-22/h6-7,10-11H,3-5,8-9,12-16H2,1-2H3. The van der Waals surface area contributed by atoms with Gasteiger partial charge in [-0.2, -0.15) is 0 Å². The van der Waals surface area contributed by atoms with Gasteiger partial charge in [-0.25, -0.2) is 0 Å². The molecule has 2 rings (SSSR count). The molecule has 0 saturated heterocycles. The average Bonchev–Trinajstić information content (AvgIpc) is 2.60. The van der Waals surface area contributed by atoms with Crippen LogP contribution in [0, 0.1) is 0 Å². The second kappa shape index (κ2) is 9.45. The molecule has 1 aromatic carbocycles. The molecule has 1 aliphatic heterocycles. The molecule has 4 heteroatoms. The fraction of sp³-hybridized carbons (Fsp3) is 0.600. The summed E-state index contributed by atoms with van der Waals surface area (Å²) in [6.07, 6.45) is 5.45. The Balaban J connectivity index is 1.95. The van der Waals surface area contributed by atoms with E-state index in [4.69, 9.17) is 0 Å². The Hall–Kier alpha value is -1.84. The van der Waals surface area contributed by atoms with Crippen molar-refractivity contribution in [3.8, 4) is 0 Å². The molecule has 0 fully saturated rings. The first-order valence-electron chi connectivity index (χ1n) is 9.28. The largest absolute Gasteiger partial charge is 0.336 e. The van der Waals surface area contributed by atoms with Crippen LogP contribution in [0.15, 0.2) is 24.3 Å². The number of rotatable bonds is 8. The highest BCUT2D eigenvalue weighted by molar-refractivity contribution is 5.85. The number of amides is 2. The van der Waals surface area contributed by atoms with E-state index in [1.54, 1.807) is 4.90 Å². The van der Waals surface area contributed by atoms with E-state index in [-0.39, 0.29) is 18.4 Å². The minimum atomic E-state index is 0.0745. The maximum absolute atomic E-state index is 12.7. The summed E-state index contributed by atoms with van der Waals surface area (Å²) in [4.78, 5) is 28.7. The Morgan fingerprint density at radius 1 is 1.08 bits per heavy atom. The molecule has 0 N–H and O–H groups in total. The number of unbranched alkanes of at least 4 members (excludes halogenated alkanes) is 2. The van der Waals surface area contributed by atoms with Crippen molar-refractivity contribution in [2.24, 2.45) is 0 Å². The normalized spacial score (nSPS) is 13.5. The SMILES string of the molecule is CCCCCN(CC(=O)N1CCc2ccccc2C1)C(=O)CCC. The van der Waals surface area contributed by atoms with Crippen LogP contribution in [0.3, 0.4) is 0 Å². The lowest BCUT2D eigenvalue weighted by atomic mass is 10.00. The minimum absolute atomic E-state index is 0.0745. The van der Waals surface area contributed by atoms with Crippen molar-refractivity contribution in [1.82, 2.24) is 9.80 Å². The van der Waals surface area contributed by atoms with E-state index in [2.05, 4.69) is 25.1 Å². The Bertz CT molecular complexity index is 556. The molecule has 0 unspecified atom stereocenters. The zero-order chi connectivity index (χ0) is 17.4. The van der Waals surface area contributed by atoms with Crippen molar-refractivity contribution in [2.45, 2.75) is 58.9 Å². The maximum Gasteiger partial charge on any atom is 0.242 e. The number of fused-ring (bicyclic) bond motifs is 1. The fourth-order valence-corrected chi connectivity index (χ4v) is 3.19. The van der Waals surface area contributed by atoms with Gasteiger partial charge in [0.25, 0.3) is 0 Å². The molecule has 132 valence electrons. The predicted molar refractivity (Wildman–Crippen MR) is 96.6 cm³/mol.